The Bertz CT molecular complexity index is 981. The highest BCUT2D eigenvalue weighted by molar-refractivity contribution is 7.89. The van der Waals surface area contributed by atoms with Crippen LogP contribution in [0.15, 0.2) is 47.4 Å². The lowest BCUT2D eigenvalue weighted by molar-refractivity contribution is -0.122. The molecule has 0 aromatic heterocycles. The molecule has 1 unspecified atom stereocenters. The summed E-state index contributed by atoms with van der Waals surface area (Å²) >= 11 is 0. The van der Waals surface area contributed by atoms with Crippen LogP contribution in [0.4, 0.5) is 5.69 Å². The van der Waals surface area contributed by atoms with E-state index in [1.54, 1.807) is 24.3 Å². The number of carbonyl (C=O) groups is 1. The van der Waals surface area contributed by atoms with Crippen molar-refractivity contribution in [2.75, 3.05) is 18.4 Å². The van der Waals surface area contributed by atoms with E-state index in [2.05, 4.69) is 5.32 Å². The molecule has 0 aliphatic carbocycles. The summed E-state index contributed by atoms with van der Waals surface area (Å²) in [6.07, 6.45) is 2.74. The first kappa shape index (κ1) is 22.3. The van der Waals surface area contributed by atoms with Gasteiger partial charge in [0.05, 0.1) is 4.90 Å². The molecule has 1 heterocycles. The molecule has 1 aliphatic heterocycles. The number of piperidine rings is 1. The van der Waals surface area contributed by atoms with Crippen LogP contribution in [-0.2, 0) is 14.8 Å². The van der Waals surface area contributed by atoms with Gasteiger partial charge in [-0.3, -0.25) is 4.79 Å². The van der Waals surface area contributed by atoms with Crippen molar-refractivity contribution in [2.24, 2.45) is 0 Å². The molecule has 1 saturated heterocycles. The molecule has 0 radical (unpaired) electrons. The predicted molar refractivity (Wildman–Crippen MR) is 118 cm³/mol. The van der Waals surface area contributed by atoms with Gasteiger partial charge in [0.2, 0.25) is 10.0 Å². The van der Waals surface area contributed by atoms with Crippen molar-refractivity contribution < 1.29 is 17.9 Å². The van der Waals surface area contributed by atoms with Crippen molar-refractivity contribution in [2.45, 2.75) is 57.5 Å². The number of rotatable bonds is 7. The Morgan fingerprint density at radius 3 is 2.37 bits per heavy atom. The minimum atomic E-state index is -3.48. The van der Waals surface area contributed by atoms with E-state index in [-0.39, 0.29) is 10.8 Å². The van der Waals surface area contributed by atoms with Crippen LogP contribution in [0, 0.1) is 13.8 Å². The molecule has 2 aromatic carbocycles. The summed E-state index contributed by atoms with van der Waals surface area (Å²) in [4.78, 5) is 13.0. The summed E-state index contributed by atoms with van der Waals surface area (Å²) in [5.41, 5.74) is 2.58. The lowest BCUT2D eigenvalue weighted by Gasteiger charge is -2.26. The molecule has 6 nitrogen and oxygen atoms in total. The molecule has 7 heteroatoms. The SMILES string of the molecule is CCC(Oc1cc(C)ccc1C)C(=O)Nc1ccc(S(=O)(=O)N2CCCCC2)cc1. The van der Waals surface area contributed by atoms with E-state index in [0.29, 0.717) is 30.9 Å². The number of carbonyl (C=O) groups excluding carboxylic acids is 1. The van der Waals surface area contributed by atoms with Gasteiger partial charge in [0.1, 0.15) is 5.75 Å². The molecule has 2 aromatic rings. The highest BCUT2D eigenvalue weighted by atomic mass is 32.2. The third-order valence-corrected chi connectivity index (χ3v) is 7.26. The Morgan fingerprint density at radius 1 is 1.07 bits per heavy atom. The lowest BCUT2D eigenvalue weighted by atomic mass is 10.1. The number of ether oxygens (including phenoxy) is 1. The number of hydrogen-bond acceptors (Lipinski definition) is 4. The third kappa shape index (κ3) is 5.21. The average Bonchev–Trinajstić information content (AvgIpc) is 2.75. The van der Waals surface area contributed by atoms with E-state index < -0.39 is 16.1 Å². The van der Waals surface area contributed by atoms with Crippen LogP contribution in [-0.4, -0.2) is 37.8 Å². The van der Waals surface area contributed by atoms with Crippen molar-refractivity contribution in [3.05, 3.63) is 53.6 Å². The first-order valence-electron chi connectivity index (χ1n) is 10.5. The van der Waals surface area contributed by atoms with Crippen LogP contribution in [0.5, 0.6) is 5.75 Å². The van der Waals surface area contributed by atoms with Crippen LogP contribution in [0.25, 0.3) is 0 Å². The van der Waals surface area contributed by atoms with E-state index in [0.717, 1.165) is 30.4 Å². The highest BCUT2D eigenvalue weighted by Crippen LogP contribution is 2.24. The predicted octanol–water partition coefficient (Wildman–Crippen LogP) is 4.27. The van der Waals surface area contributed by atoms with Crippen LogP contribution in [0.3, 0.4) is 0 Å². The number of sulfonamides is 1. The van der Waals surface area contributed by atoms with Gasteiger partial charge in [-0.1, -0.05) is 25.5 Å². The monoisotopic (exact) mass is 430 g/mol. The summed E-state index contributed by atoms with van der Waals surface area (Å²) < 4.78 is 33.0. The van der Waals surface area contributed by atoms with Crippen LogP contribution in [0.1, 0.15) is 43.7 Å². The van der Waals surface area contributed by atoms with Crippen molar-refractivity contribution in [1.82, 2.24) is 4.31 Å². The molecule has 3 rings (SSSR count). The van der Waals surface area contributed by atoms with Crippen molar-refractivity contribution in [3.8, 4) is 5.75 Å². The second-order valence-corrected chi connectivity index (χ2v) is 9.70. The molecule has 0 spiro atoms. The molecule has 162 valence electrons. The number of anilines is 1. The van der Waals surface area contributed by atoms with Gasteiger partial charge in [0, 0.05) is 18.8 Å². The van der Waals surface area contributed by atoms with Crippen LogP contribution < -0.4 is 10.1 Å². The lowest BCUT2D eigenvalue weighted by Crippen LogP contribution is -2.35. The topological polar surface area (TPSA) is 75.7 Å². The maximum absolute atomic E-state index is 12.8. The third-order valence-electron chi connectivity index (χ3n) is 5.35. The number of aryl methyl sites for hydroxylation is 2. The van der Waals surface area contributed by atoms with Gasteiger partial charge < -0.3 is 10.1 Å². The van der Waals surface area contributed by atoms with Gasteiger partial charge in [-0.25, -0.2) is 8.42 Å². The summed E-state index contributed by atoms with van der Waals surface area (Å²) in [5, 5.41) is 2.83. The summed E-state index contributed by atoms with van der Waals surface area (Å²) in [7, 11) is -3.48. The molecular formula is C23H30N2O4S. The average molecular weight is 431 g/mol. The first-order valence-corrected chi connectivity index (χ1v) is 11.9. The molecule has 1 aliphatic rings. The van der Waals surface area contributed by atoms with Gasteiger partial charge >= 0.3 is 0 Å². The van der Waals surface area contributed by atoms with E-state index in [1.165, 1.54) is 4.31 Å². The Morgan fingerprint density at radius 2 is 1.73 bits per heavy atom. The van der Waals surface area contributed by atoms with Gasteiger partial charge in [-0.05, 0) is 74.6 Å². The Balaban J connectivity index is 1.67. The smallest absolute Gasteiger partial charge is 0.265 e. The zero-order valence-electron chi connectivity index (χ0n) is 17.8. The number of nitrogens with one attached hydrogen (secondary N) is 1. The fourth-order valence-electron chi connectivity index (χ4n) is 3.50. The fourth-order valence-corrected chi connectivity index (χ4v) is 5.01. The van der Waals surface area contributed by atoms with Crippen molar-refractivity contribution in [3.63, 3.8) is 0 Å². The molecule has 0 bridgehead atoms. The van der Waals surface area contributed by atoms with Crippen LogP contribution >= 0.6 is 0 Å². The van der Waals surface area contributed by atoms with Crippen molar-refractivity contribution in [1.29, 1.82) is 0 Å². The zero-order chi connectivity index (χ0) is 21.7. The Labute approximate surface area is 179 Å². The van der Waals surface area contributed by atoms with E-state index in [1.807, 2.05) is 39.0 Å². The van der Waals surface area contributed by atoms with E-state index >= 15 is 0 Å². The number of hydrogen-bond donors (Lipinski definition) is 1. The summed E-state index contributed by atoms with van der Waals surface area (Å²) in [5.74, 6) is 0.435. The Hall–Kier alpha value is -2.38. The molecule has 1 atom stereocenters. The number of benzene rings is 2. The largest absolute Gasteiger partial charge is 0.480 e. The standard InChI is InChI=1S/C23H30N2O4S/c1-4-21(29-22-16-17(2)8-9-18(22)3)23(26)24-19-10-12-20(13-11-19)30(27,28)25-14-6-5-7-15-25/h8-13,16,21H,4-7,14-15H2,1-3H3,(H,24,26). The molecule has 1 amide bonds. The highest BCUT2D eigenvalue weighted by Gasteiger charge is 2.26. The normalized spacial score (nSPS) is 16.1. The number of amides is 1. The summed E-state index contributed by atoms with van der Waals surface area (Å²) in [6.45, 7) is 6.95. The van der Waals surface area contributed by atoms with Gasteiger partial charge in [0.25, 0.3) is 5.91 Å². The fraction of sp³-hybridized carbons (Fsp3) is 0.435. The maximum Gasteiger partial charge on any atom is 0.265 e. The quantitative estimate of drug-likeness (QED) is 0.712. The molecule has 30 heavy (non-hydrogen) atoms. The minimum Gasteiger partial charge on any atom is -0.480 e. The Kier molecular flexibility index (Phi) is 7.15. The molecular weight excluding hydrogens is 400 g/mol. The van der Waals surface area contributed by atoms with Gasteiger partial charge in [-0.2, -0.15) is 4.31 Å². The second kappa shape index (κ2) is 9.62. The van der Waals surface area contributed by atoms with E-state index in [4.69, 9.17) is 4.74 Å². The van der Waals surface area contributed by atoms with Crippen LogP contribution in [0.2, 0.25) is 0 Å². The molecule has 1 N–H and O–H groups in total. The molecule has 0 saturated carbocycles. The second-order valence-electron chi connectivity index (χ2n) is 7.76. The molecule has 1 fully saturated rings. The first-order chi connectivity index (χ1) is 14.3. The minimum absolute atomic E-state index is 0.251. The summed E-state index contributed by atoms with van der Waals surface area (Å²) in [6, 6.07) is 12.2. The van der Waals surface area contributed by atoms with Gasteiger partial charge in [-0.15, -0.1) is 0 Å². The van der Waals surface area contributed by atoms with E-state index in [9.17, 15) is 13.2 Å². The van der Waals surface area contributed by atoms with Crippen molar-refractivity contribution >= 4 is 21.6 Å². The number of nitrogens with zero attached hydrogens (tertiary/aromatic N) is 1. The zero-order valence-corrected chi connectivity index (χ0v) is 18.7. The van der Waals surface area contributed by atoms with Gasteiger partial charge in [0.15, 0.2) is 6.10 Å². The maximum atomic E-state index is 12.8.